The molecule has 2 aromatic heterocycles. The van der Waals surface area contributed by atoms with Crippen molar-refractivity contribution in [2.75, 3.05) is 6.54 Å². The van der Waals surface area contributed by atoms with E-state index in [1.807, 2.05) is 19.9 Å². The molecule has 2 aromatic rings. The Morgan fingerprint density at radius 1 is 1.35 bits per heavy atom. The van der Waals surface area contributed by atoms with Crippen LogP contribution in [0.1, 0.15) is 29.1 Å². The van der Waals surface area contributed by atoms with E-state index in [1.165, 1.54) is 11.3 Å². The van der Waals surface area contributed by atoms with Gasteiger partial charge >= 0.3 is 0 Å². The molecule has 0 aromatic carbocycles. The van der Waals surface area contributed by atoms with Gasteiger partial charge in [0.1, 0.15) is 9.97 Å². The van der Waals surface area contributed by atoms with Gasteiger partial charge in [-0.1, -0.05) is 6.92 Å². The summed E-state index contributed by atoms with van der Waals surface area (Å²) in [6.07, 6.45) is 1.34. The standard InChI is InChI=1S/C13H18N2O3S2/c1-4-11-5-6-13(19-11)20(16,17)14-8-7-12-9(2)15-10(3)18-12/h5-6,14H,4,7-8H2,1-3H3. The van der Waals surface area contributed by atoms with E-state index in [2.05, 4.69) is 9.71 Å². The third kappa shape index (κ3) is 3.47. The molecule has 110 valence electrons. The molecule has 7 heteroatoms. The molecule has 0 aliphatic carbocycles. The molecule has 0 saturated carbocycles. The maximum Gasteiger partial charge on any atom is 0.250 e. The summed E-state index contributed by atoms with van der Waals surface area (Å²) in [7, 11) is -3.42. The average molecular weight is 314 g/mol. The molecule has 0 aliphatic rings. The molecule has 0 saturated heterocycles. The van der Waals surface area contributed by atoms with Crippen LogP contribution >= 0.6 is 11.3 Å². The zero-order valence-corrected chi connectivity index (χ0v) is 13.4. The van der Waals surface area contributed by atoms with Crippen LogP contribution < -0.4 is 4.72 Å². The number of oxazole rings is 1. The number of aryl methyl sites for hydroxylation is 3. The molecule has 0 atom stereocenters. The normalized spacial score (nSPS) is 11.9. The molecule has 0 unspecified atom stereocenters. The zero-order chi connectivity index (χ0) is 14.8. The van der Waals surface area contributed by atoms with Crippen molar-refractivity contribution in [3.63, 3.8) is 0 Å². The summed E-state index contributed by atoms with van der Waals surface area (Å²) in [6, 6.07) is 3.50. The maximum atomic E-state index is 12.1. The topological polar surface area (TPSA) is 72.2 Å². The largest absolute Gasteiger partial charge is 0.446 e. The lowest BCUT2D eigenvalue weighted by atomic mass is 10.3. The second-order valence-corrected chi connectivity index (χ2v) is 7.63. The van der Waals surface area contributed by atoms with Gasteiger partial charge in [0.15, 0.2) is 5.89 Å². The quantitative estimate of drug-likeness (QED) is 0.889. The van der Waals surface area contributed by atoms with E-state index in [4.69, 9.17) is 4.42 Å². The molecule has 20 heavy (non-hydrogen) atoms. The Hall–Kier alpha value is -1.18. The molecule has 0 spiro atoms. The highest BCUT2D eigenvalue weighted by Crippen LogP contribution is 2.21. The number of aromatic nitrogens is 1. The van der Waals surface area contributed by atoms with E-state index in [0.29, 0.717) is 23.1 Å². The number of nitrogens with zero attached hydrogens (tertiary/aromatic N) is 1. The molecule has 0 bridgehead atoms. The molecule has 2 heterocycles. The summed E-state index contributed by atoms with van der Waals surface area (Å²) in [5, 5.41) is 0. The Kier molecular flexibility index (Phi) is 4.62. The number of sulfonamides is 1. The summed E-state index contributed by atoms with van der Waals surface area (Å²) in [5.74, 6) is 1.33. The van der Waals surface area contributed by atoms with E-state index in [1.54, 1.807) is 13.0 Å². The van der Waals surface area contributed by atoms with Crippen LogP contribution in [0.25, 0.3) is 0 Å². The lowest BCUT2D eigenvalue weighted by Crippen LogP contribution is -2.25. The third-order valence-electron chi connectivity index (χ3n) is 2.89. The number of hydrogen-bond donors (Lipinski definition) is 1. The summed E-state index contributed by atoms with van der Waals surface area (Å²) in [5.41, 5.74) is 0.811. The maximum absolute atomic E-state index is 12.1. The van der Waals surface area contributed by atoms with Gasteiger partial charge in [0, 0.05) is 24.8 Å². The molecular formula is C13H18N2O3S2. The van der Waals surface area contributed by atoms with Gasteiger partial charge in [0.05, 0.1) is 5.69 Å². The predicted molar refractivity (Wildman–Crippen MR) is 78.6 cm³/mol. The fraction of sp³-hybridized carbons (Fsp3) is 0.462. The van der Waals surface area contributed by atoms with Gasteiger partial charge in [-0.15, -0.1) is 11.3 Å². The highest BCUT2D eigenvalue weighted by molar-refractivity contribution is 7.91. The zero-order valence-electron chi connectivity index (χ0n) is 11.8. The van der Waals surface area contributed by atoms with Gasteiger partial charge in [-0.25, -0.2) is 18.1 Å². The first-order chi connectivity index (χ1) is 9.42. The molecule has 2 rings (SSSR count). The third-order valence-corrected chi connectivity index (χ3v) is 6.08. The Morgan fingerprint density at radius 3 is 2.65 bits per heavy atom. The minimum absolute atomic E-state index is 0.303. The number of nitrogens with one attached hydrogen (secondary N) is 1. The van der Waals surface area contributed by atoms with E-state index < -0.39 is 10.0 Å². The minimum Gasteiger partial charge on any atom is -0.446 e. The van der Waals surface area contributed by atoms with Crippen LogP contribution in [0.2, 0.25) is 0 Å². The average Bonchev–Trinajstić information content (AvgIpc) is 2.97. The minimum atomic E-state index is -3.42. The predicted octanol–water partition coefficient (Wildman–Crippen LogP) is 2.44. The number of thiophene rings is 1. The first-order valence-electron chi connectivity index (χ1n) is 6.43. The molecule has 0 aliphatic heterocycles. The van der Waals surface area contributed by atoms with Crippen LogP contribution in [-0.2, 0) is 22.9 Å². The van der Waals surface area contributed by atoms with Crippen molar-refractivity contribution in [3.8, 4) is 0 Å². The highest BCUT2D eigenvalue weighted by Gasteiger charge is 2.16. The highest BCUT2D eigenvalue weighted by atomic mass is 32.2. The lowest BCUT2D eigenvalue weighted by Gasteiger charge is -2.03. The second-order valence-electron chi connectivity index (χ2n) is 4.46. The first-order valence-corrected chi connectivity index (χ1v) is 8.73. The summed E-state index contributed by atoms with van der Waals surface area (Å²) in [6.45, 7) is 5.94. The van der Waals surface area contributed by atoms with Crippen molar-refractivity contribution in [2.24, 2.45) is 0 Å². The van der Waals surface area contributed by atoms with Crippen LogP contribution in [0.3, 0.4) is 0 Å². The molecule has 1 N–H and O–H groups in total. The summed E-state index contributed by atoms with van der Waals surface area (Å²) >= 11 is 1.31. The molecule has 0 fully saturated rings. The van der Waals surface area contributed by atoms with Gasteiger partial charge in [-0.05, 0) is 25.5 Å². The van der Waals surface area contributed by atoms with Crippen molar-refractivity contribution in [3.05, 3.63) is 34.4 Å². The van der Waals surface area contributed by atoms with Gasteiger partial charge in [0.25, 0.3) is 0 Å². The van der Waals surface area contributed by atoms with Gasteiger partial charge in [-0.2, -0.15) is 0 Å². The number of rotatable bonds is 6. The van der Waals surface area contributed by atoms with Crippen molar-refractivity contribution in [1.29, 1.82) is 0 Å². The fourth-order valence-electron chi connectivity index (χ4n) is 1.87. The van der Waals surface area contributed by atoms with Crippen molar-refractivity contribution < 1.29 is 12.8 Å². The Morgan fingerprint density at radius 2 is 2.10 bits per heavy atom. The monoisotopic (exact) mass is 314 g/mol. The molecular weight excluding hydrogens is 296 g/mol. The fourth-order valence-corrected chi connectivity index (χ4v) is 4.24. The smallest absolute Gasteiger partial charge is 0.250 e. The van der Waals surface area contributed by atoms with Gasteiger partial charge in [0.2, 0.25) is 10.0 Å². The molecule has 0 amide bonds. The SMILES string of the molecule is CCc1ccc(S(=O)(=O)NCCc2oc(C)nc2C)s1. The van der Waals surface area contributed by atoms with Crippen LogP contribution in [-0.4, -0.2) is 19.9 Å². The molecule has 5 nitrogen and oxygen atoms in total. The van der Waals surface area contributed by atoms with Crippen LogP contribution in [0.4, 0.5) is 0 Å². The van der Waals surface area contributed by atoms with Gasteiger partial charge < -0.3 is 4.42 Å². The lowest BCUT2D eigenvalue weighted by molar-refractivity contribution is 0.472. The van der Waals surface area contributed by atoms with E-state index in [9.17, 15) is 8.42 Å². The Labute approximate surface area is 123 Å². The Balaban J connectivity index is 1.97. The Bertz CT molecular complexity index is 686. The van der Waals surface area contributed by atoms with Crippen molar-refractivity contribution >= 4 is 21.4 Å². The van der Waals surface area contributed by atoms with Crippen LogP contribution in [0, 0.1) is 13.8 Å². The van der Waals surface area contributed by atoms with Crippen molar-refractivity contribution in [2.45, 2.75) is 37.8 Å². The van der Waals surface area contributed by atoms with E-state index in [-0.39, 0.29) is 0 Å². The summed E-state index contributed by atoms with van der Waals surface area (Å²) < 4.78 is 32.6. The van der Waals surface area contributed by atoms with E-state index in [0.717, 1.165) is 22.8 Å². The number of hydrogen-bond acceptors (Lipinski definition) is 5. The first kappa shape index (κ1) is 15.2. The van der Waals surface area contributed by atoms with Crippen molar-refractivity contribution in [1.82, 2.24) is 9.71 Å². The van der Waals surface area contributed by atoms with Crippen LogP contribution in [0.5, 0.6) is 0 Å². The van der Waals surface area contributed by atoms with E-state index >= 15 is 0 Å². The molecule has 0 radical (unpaired) electrons. The van der Waals surface area contributed by atoms with Crippen LogP contribution in [0.15, 0.2) is 20.8 Å². The second kappa shape index (κ2) is 6.07. The summed E-state index contributed by atoms with van der Waals surface area (Å²) in [4.78, 5) is 5.22. The van der Waals surface area contributed by atoms with Gasteiger partial charge in [-0.3, -0.25) is 0 Å².